The molecule has 0 saturated carbocycles. The Balaban J connectivity index is 1.57. The number of aliphatic imine (C=N–C) groups is 1. The molecule has 1 amide bonds. The van der Waals surface area contributed by atoms with Crippen LogP contribution in [0.5, 0.6) is 5.75 Å². The lowest BCUT2D eigenvalue weighted by molar-refractivity contribution is -0.0210. The number of likely N-dealkylation sites (tertiary alicyclic amines) is 1. The van der Waals surface area contributed by atoms with Crippen LogP contribution < -0.4 is 10.6 Å². The predicted octanol–water partition coefficient (Wildman–Crippen LogP) is 4.81. The van der Waals surface area contributed by atoms with Crippen LogP contribution in [0.1, 0.15) is 77.3 Å². The molecule has 1 aliphatic rings. The number of fused-ring (bicyclic) bond motifs is 1. The summed E-state index contributed by atoms with van der Waals surface area (Å²) in [6.45, 7) is 12.2. The minimum atomic E-state index is -0.606. The molecular formula is C31H39FN8O4. The monoisotopic (exact) mass is 606 g/mol. The van der Waals surface area contributed by atoms with Crippen molar-refractivity contribution in [3.63, 3.8) is 0 Å². The van der Waals surface area contributed by atoms with Crippen molar-refractivity contribution in [1.82, 2.24) is 19.5 Å². The van der Waals surface area contributed by atoms with Crippen LogP contribution in [0.2, 0.25) is 0 Å². The number of nitrogens with zero attached hydrogens (tertiary/aromatic N) is 7. The molecule has 0 spiro atoms. The first-order valence-electron chi connectivity index (χ1n) is 14.5. The van der Waals surface area contributed by atoms with Gasteiger partial charge in [0.1, 0.15) is 52.7 Å². The molecule has 2 N–H and O–H groups in total. The number of amides is 1. The molecule has 0 bridgehead atoms. The first kappa shape index (κ1) is 32.3. The summed E-state index contributed by atoms with van der Waals surface area (Å²) in [6.07, 6.45) is 4.54. The molecule has 234 valence electrons. The Morgan fingerprint density at radius 1 is 1.25 bits per heavy atom. The Morgan fingerprint density at radius 2 is 1.98 bits per heavy atom. The van der Waals surface area contributed by atoms with E-state index in [9.17, 15) is 14.4 Å². The van der Waals surface area contributed by atoms with Crippen LogP contribution in [0.3, 0.4) is 0 Å². The highest BCUT2D eigenvalue weighted by Crippen LogP contribution is 2.28. The predicted molar refractivity (Wildman–Crippen MR) is 163 cm³/mol. The molecule has 4 rings (SSSR count). The second-order valence-corrected chi connectivity index (χ2v) is 11.8. The quantitative estimate of drug-likeness (QED) is 0.207. The standard InChI is InChI=1S/C31H39FN8O4/c1-19(2)43-27(25-8-7-23(32)16-35-25)18-42-26-13-21(17-40-29(26)22(14-33)15-36-40)28(38-34)20(3)37-24-9-11-39(12-10-24)30(41)44-31(4,5)6/h7-8,13,15-17,19,24,27H,9-12,18,34H2,1-6H3/b37-20?,38-28+. The van der Waals surface area contributed by atoms with Crippen molar-refractivity contribution in [2.45, 2.75) is 78.2 Å². The molecule has 13 heteroatoms. The number of nitriles is 1. The van der Waals surface area contributed by atoms with Crippen molar-refractivity contribution in [2.75, 3.05) is 19.7 Å². The highest BCUT2D eigenvalue weighted by molar-refractivity contribution is 6.47. The van der Waals surface area contributed by atoms with Crippen molar-refractivity contribution < 1.29 is 23.4 Å². The molecule has 3 aromatic heterocycles. The fraction of sp³-hybridized carbons (Fsp3) is 0.484. The van der Waals surface area contributed by atoms with Gasteiger partial charge in [-0.25, -0.2) is 13.7 Å². The van der Waals surface area contributed by atoms with E-state index in [1.165, 1.54) is 16.8 Å². The topological polar surface area (TPSA) is 153 Å². The lowest BCUT2D eigenvalue weighted by atomic mass is 10.0. The minimum Gasteiger partial charge on any atom is -0.488 e. The molecule has 1 atom stereocenters. The van der Waals surface area contributed by atoms with Gasteiger partial charge in [-0.05, 0) is 72.6 Å². The van der Waals surface area contributed by atoms with Crippen LogP contribution in [0.4, 0.5) is 9.18 Å². The molecule has 44 heavy (non-hydrogen) atoms. The number of hydrogen-bond acceptors (Lipinski definition) is 10. The summed E-state index contributed by atoms with van der Waals surface area (Å²) in [6, 6.07) is 6.72. The van der Waals surface area contributed by atoms with E-state index in [0.29, 0.717) is 65.4 Å². The van der Waals surface area contributed by atoms with Crippen molar-refractivity contribution in [1.29, 1.82) is 5.26 Å². The number of halogens is 1. The van der Waals surface area contributed by atoms with Crippen LogP contribution in [0.15, 0.2) is 46.9 Å². The molecule has 12 nitrogen and oxygen atoms in total. The van der Waals surface area contributed by atoms with E-state index >= 15 is 0 Å². The Bertz CT molecular complexity index is 1560. The summed E-state index contributed by atoms with van der Waals surface area (Å²) in [7, 11) is 0. The van der Waals surface area contributed by atoms with Crippen LogP contribution in [0.25, 0.3) is 5.52 Å². The second kappa shape index (κ2) is 13.8. The lowest BCUT2D eigenvalue weighted by Crippen LogP contribution is -2.42. The van der Waals surface area contributed by atoms with Crippen LogP contribution in [-0.4, -0.2) is 74.5 Å². The van der Waals surface area contributed by atoms with Gasteiger partial charge >= 0.3 is 6.09 Å². The zero-order valence-electron chi connectivity index (χ0n) is 26.0. The molecule has 1 unspecified atom stereocenters. The third-order valence-corrected chi connectivity index (χ3v) is 6.84. The summed E-state index contributed by atoms with van der Waals surface area (Å²) in [5, 5.41) is 18.1. The summed E-state index contributed by atoms with van der Waals surface area (Å²) >= 11 is 0. The van der Waals surface area contributed by atoms with Gasteiger partial charge in [0.15, 0.2) is 0 Å². The number of hydrazone groups is 1. The van der Waals surface area contributed by atoms with Crippen molar-refractivity contribution in [3.05, 3.63) is 59.4 Å². The Morgan fingerprint density at radius 3 is 2.57 bits per heavy atom. The van der Waals surface area contributed by atoms with Gasteiger partial charge in [0.2, 0.25) is 0 Å². The van der Waals surface area contributed by atoms with E-state index < -0.39 is 17.5 Å². The second-order valence-electron chi connectivity index (χ2n) is 11.8. The van der Waals surface area contributed by atoms with Gasteiger partial charge in [0.05, 0.1) is 35.9 Å². The molecule has 1 aliphatic heterocycles. The first-order chi connectivity index (χ1) is 20.9. The molecule has 0 aliphatic carbocycles. The Kier molecular flexibility index (Phi) is 10.2. The molecular weight excluding hydrogens is 567 g/mol. The highest BCUT2D eigenvalue weighted by Gasteiger charge is 2.27. The van der Waals surface area contributed by atoms with Gasteiger partial charge in [0, 0.05) is 24.8 Å². The van der Waals surface area contributed by atoms with Crippen molar-refractivity contribution >= 4 is 23.0 Å². The number of ether oxygens (including phenoxy) is 3. The summed E-state index contributed by atoms with van der Waals surface area (Å²) in [5.41, 5.74) is 2.35. The van der Waals surface area contributed by atoms with E-state index in [1.807, 2.05) is 41.5 Å². The number of rotatable bonds is 9. The zero-order chi connectivity index (χ0) is 32.0. The van der Waals surface area contributed by atoms with Gasteiger partial charge in [-0.15, -0.1) is 0 Å². The molecule has 1 saturated heterocycles. The number of aromatic nitrogens is 3. The summed E-state index contributed by atoms with van der Waals surface area (Å²) in [5.74, 6) is 5.78. The van der Waals surface area contributed by atoms with Crippen LogP contribution in [0, 0.1) is 17.1 Å². The summed E-state index contributed by atoms with van der Waals surface area (Å²) < 4.78 is 32.8. The molecule has 1 fully saturated rings. The van der Waals surface area contributed by atoms with Gasteiger partial charge < -0.3 is 25.0 Å². The van der Waals surface area contributed by atoms with Crippen LogP contribution in [-0.2, 0) is 9.47 Å². The third-order valence-electron chi connectivity index (χ3n) is 6.84. The van der Waals surface area contributed by atoms with Gasteiger partial charge in [-0.3, -0.25) is 9.98 Å². The largest absolute Gasteiger partial charge is 0.488 e. The molecule has 3 aromatic rings. The highest BCUT2D eigenvalue weighted by atomic mass is 19.1. The van der Waals surface area contributed by atoms with Gasteiger partial charge in [-0.1, -0.05) is 0 Å². The number of pyridine rings is 2. The maximum absolute atomic E-state index is 13.5. The average Bonchev–Trinajstić information content (AvgIpc) is 3.38. The molecule has 0 aromatic carbocycles. The molecule has 4 heterocycles. The Hall–Kier alpha value is -4.57. The normalized spacial score (nSPS) is 15.8. The smallest absolute Gasteiger partial charge is 0.410 e. The fourth-order valence-corrected chi connectivity index (χ4v) is 4.89. The minimum absolute atomic E-state index is 0.0306. The maximum Gasteiger partial charge on any atom is 0.410 e. The molecule has 0 radical (unpaired) electrons. The van der Waals surface area contributed by atoms with E-state index in [4.69, 9.17) is 25.0 Å². The van der Waals surface area contributed by atoms with E-state index in [1.54, 1.807) is 23.2 Å². The van der Waals surface area contributed by atoms with Crippen LogP contribution >= 0.6 is 0 Å². The van der Waals surface area contributed by atoms with E-state index in [2.05, 4.69) is 21.3 Å². The third kappa shape index (κ3) is 8.08. The zero-order valence-corrected chi connectivity index (χ0v) is 26.0. The number of piperidine rings is 1. The number of carbonyl (C=O) groups excluding carboxylic acids is 1. The number of carbonyl (C=O) groups is 1. The van der Waals surface area contributed by atoms with Crippen molar-refractivity contribution in [2.24, 2.45) is 15.9 Å². The maximum atomic E-state index is 13.5. The number of hydrogen-bond donors (Lipinski definition) is 1. The lowest BCUT2D eigenvalue weighted by Gasteiger charge is -2.32. The van der Waals surface area contributed by atoms with E-state index in [-0.39, 0.29) is 24.8 Å². The van der Waals surface area contributed by atoms with E-state index in [0.717, 1.165) is 6.20 Å². The Labute approximate surface area is 256 Å². The summed E-state index contributed by atoms with van der Waals surface area (Å²) in [4.78, 5) is 23.2. The van der Waals surface area contributed by atoms with Gasteiger partial charge in [0.25, 0.3) is 0 Å². The van der Waals surface area contributed by atoms with Gasteiger partial charge in [-0.2, -0.15) is 15.5 Å². The average molecular weight is 607 g/mol. The first-order valence-corrected chi connectivity index (χ1v) is 14.5. The number of nitrogens with two attached hydrogens (primary N) is 1. The SMILES string of the molecule is CC(=NC1CCN(C(=O)OC(C)(C)C)CC1)/C(=N\N)c1cc(OCC(OC(C)C)c2ccc(F)cn2)c2c(C#N)cnn2c1. The van der Waals surface area contributed by atoms with Crippen molar-refractivity contribution in [3.8, 4) is 11.8 Å². The fourth-order valence-electron chi connectivity index (χ4n) is 4.89.